The molecular formula is C14H20O5. The normalized spacial score (nSPS) is 11.0. The van der Waals surface area contributed by atoms with Crippen molar-refractivity contribution in [1.82, 2.24) is 0 Å². The van der Waals surface area contributed by atoms with Crippen molar-refractivity contribution in [1.29, 1.82) is 0 Å². The number of esters is 1. The summed E-state index contributed by atoms with van der Waals surface area (Å²) in [6.45, 7) is 3.48. The van der Waals surface area contributed by atoms with Gasteiger partial charge in [0.05, 0.1) is 26.2 Å². The molecule has 0 atom stereocenters. The van der Waals surface area contributed by atoms with Crippen LogP contribution in [0, 0.1) is 5.41 Å². The minimum atomic E-state index is -0.749. The first-order chi connectivity index (χ1) is 8.94. The molecule has 0 saturated heterocycles. The molecule has 0 amide bonds. The third-order valence-corrected chi connectivity index (χ3v) is 2.76. The number of methoxy groups -OCH3 is 2. The minimum Gasteiger partial charge on any atom is -0.497 e. The fourth-order valence-corrected chi connectivity index (χ4v) is 1.54. The molecule has 1 aromatic rings. The third-order valence-electron chi connectivity index (χ3n) is 2.76. The Morgan fingerprint density at radius 2 is 2.00 bits per heavy atom. The van der Waals surface area contributed by atoms with Crippen molar-refractivity contribution in [2.24, 2.45) is 5.41 Å². The van der Waals surface area contributed by atoms with Crippen molar-refractivity contribution in [3.05, 3.63) is 23.8 Å². The standard InChI is InChI=1S/C14H20O5/c1-14(2,13(16)18-4)9-19-12-6-5-11(17-3)7-10(12)8-15/h5-7,15H,8-9H2,1-4H3. The Morgan fingerprint density at radius 3 is 2.53 bits per heavy atom. The van der Waals surface area contributed by atoms with Gasteiger partial charge in [0.15, 0.2) is 0 Å². The first kappa shape index (κ1) is 15.3. The van der Waals surface area contributed by atoms with Gasteiger partial charge in [-0.05, 0) is 32.0 Å². The topological polar surface area (TPSA) is 65.0 Å². The number of hydrogen-bond donors (Lipinski definition) is 1. The van der Waals surface area contributed by atoms with E-state index in [-0.39, 0.29) is 19.2 Å². The number of aliphatic hydroxyl groups excluding tert-OH is 1. The van der Waals surface area contributed by atoms with Crippen molar-refractivity contribution in [2.45, 2.75) is 20.5 Å². The van der Waals surface area contributed by atoms with E-state index >= 15 is 0 Å². The maximum atomic E-state index is 11.5. The van der Waals surface area contributed by atoms with Gasteiger partial charge < -0.3 is 19.3 Å². The maximum Gasteiger partial charge on any atom is 0.314 e. The van der Waals surface area contributed by atoms with Crippen molar-refractivity contribution in [2.75, 3.05) is 20.8 Å². The Balaban J connectivity index is 2.80. The predicted octanol–water partition coefficient (Wildman–Crippen LogP) is 1.77. The zero-order chi connectivity index (χ0) is 14.5. The molecule has 106 valence electrons. The Kier molecular flexibility index (Phi) is 5.18. The average Bonchev–Trinajstić information content (AvgIpc) is 2.43. The van der Waals surface area contributed by atoms with E-state index < -0.39 is 5.41 Å². The van der Waals surface area contributed by atoms with Gasteiger partial charge in [-0.1, -0.05) is 0 Å². The second-order valence-corrected chi connectivity index (χ2v) is 4.80. The number of hydrogen-bond acceptors (Lipinski definition) is 5. The molecule has 0 bridgehead atoms. The van der Waals surface area contributed by atoms with Gasteiger partial charge in [-0.15, -0.1) is 0 Å². The summed E-state index contributed by atoms with van der Waals surface area (Å²) in [5.74, 6) is 0.829. The Hall–Kier alpha value is -1.75. The molecule has 1 rings (SSSR count). The van der Waals surface area contributed by atoms with Gasteiger partial charge in [-0.2, -0.15) is 0 Å². The second-order valence-electron chi connectivity index (χ2n) is 4.80. The van der Waals surface area contributed by atoms with Gasteiger partial charge in [-0.25, -0.2) is 0 Å². The van der Waals surface area contributed by atoms with E-state index in [2.05, 4.69) is 0 Å². The van der Waals surface area contributed by atoms with Gasteiger partial charge in [-0.3, -0.25) is 4.79 Å². The highest BCUT2D eigenvalue weighted by atomic mass is 16.5. The van der Waals surface area contributed by atoms with Crippen LogP contribution in [0.2, 0.25) is 0 Å². The van der Waals surface area contributed by atoms with E-state index in [4.69, 9.17) is 14.2 Å². The smallest absolute Gasteiger partial charge is 0.314 e. The van der Waals surface area contributed by atoms with Crippen LogP contribution in [0.15, 0.2) is 18.2 Å². The van der Waals surface area contributed by atoms with E-state index in [0.29, 0.717) is 17.1 Å². The largest absolute Gasteiger partial charge is 0.497 e. The highest BCUT2D eigenvalue weighted by Gasteiger charge is 2.30. The molecule has 0 aliphatic heterocycles. The number of aliphatic hydroxyl groups is 1. The van der Waals surface area contributed by atoms with Crippen molar-refractivity contribution >= 4 is 5.97 Å². The molecule has 0 heterocycles. The summed E-state index contributed by atoms with van der Waals surface area (Å²) >= 11 is 0. The lowest BCUT2D eigenvalue weighted by molar-refractivity contribution is -0.152. The highest BCUT2D eigenvalue weighted by Crippen LogP contribution is 2.26. The zero-order valence-corrected chi connectivity index (χ0v) is 11.7. The second kappa shape index (κ2) is 6.43. The molecule has 5 nitrogen and oxygen atoms in total. The van der Waals surface area contributed by atoms with Gasteiger partial charge in [0.1, 0.15) is 18.1 Å². The van der Waals surface area contributed by atoms with Gasteiger partial charge in [0.2, 0.25) is 0 Å². The van der Waals surface area contributed by atoms with Crippen molar-refractivity contribution in [3.8, 4) is 11.5 Å². The molecule has 5 heteroatoms. The number of carbonyl (C=O) groups is 1. The molecule has 0 saturated carbocycles. The van der Waals surface area contributed by atoms with Gasteiger partial charge in [0.25, 0.3) is 0 Å². The van der Waals surface area contributed by atoms with Crippen molar-refractivity contribution < 1.29 is 24.1 Å². The fourth-order valence-electron chi connectivity index (χ4n) is 1.54. The van der Waals surface area contributed by atoms with E-state index in [1.807, 2.05) is 0 Å². The molecule has 0 radical (unpaired) electrons. The van der Waals surface area contributed by atoms with Gasteiger partial charge in [0, 0.05) is 5.56 Å². The Bertz CT molecular complexity index is 439. The summed E-state index contributed by atoms with van der Waals surface area (Å²) in [7, 11) is 2.90. The first-order valence-corrected chi connectivity index (χ1v) is 5.93. The van der Waals surface area contributed by atoms with Crippen LogP contribution in [0.1, 0.15) is 19.4 Å². The minimum absolute atomic E-state index is 0.162. The lowest BCUT2D eigenvalue weighted by Gasteiger charge is -2.22. The first-order valence-electron chi connectivity index (χ1n) is 5.93. The summed E-state index contributed by atoms with van der Waals surface area (Å²) in [4.78, 5) is 11.5. The van der Waals surface area contributed by atoms with E-state index in [1.165, 1.54) is 7.11 Å². The monoisotopic (exact) mass is 268 g/mol. The Labute approximate surface area is 113 Å². The van der Waals surface area contributed by atoms with Crippen molar-refractivity contribution in [3.63, 3.8) is 0 Å². The van der Waals surface area contributed by atoms with Crippen LogP contribution in [0.3, 0.4) is 0 Å². The SMILES string of the molecule is COC(=O)C(C)(C)COc1ccc(OC)cc1CO. The molecule has 0 aliphatic rings. The van der Waals surface area contributed by atoms with Crippen LogP contribution >= 0.6 is 0 Å². The number of benzene rings is 1. The molecule has 0 unspecified atom stereocenters. The molecular weight excluding hydrogens is 248 g/mol. The molecule has 1 aromatic carbocycles. The van der Waals surface area contributed by atoms with Crippen LogP contribution in [-0.4, -0.2) is 31.9 Å². The summed E-state index contributed by atoms with van der Waals surface area (Å²) < 4.78 is 15.4. The fraction of sp³-hybridized carbons (Fsp3) is 0.500. The summed E-state index contributed by atoms with van der Waals surface area (Å²) in [5.41, 5.74) is -0.137. The van der Waals surface area contributed by atoms with Crippen LogP contribution in [0.4, 0.5) is 0 Å². The average molecular weight is 268 g/mol. The number of carbonyl (C=O) groups excluding carboxylic acids is 1. The summed E-state index contributed by atoms with van der Waals surface area (Å²) in [5, 5.41) is 9.30. The summed E-state index contributed by atoms with van der Waals surface area (Å²) in [6, 6.07) is 5.14. The number of rotatable bonds is 6. The highest BCUT2D eigenvalue weighted by molar-refractivity contribution is 5.75. The molecule has 0 fully saturated rings. The van der Waals surface area contributed by atoms with E-state index in [1.54, 1.807) is 39.2 Å². The zero-order valence-electron chi connectivity index (χ0n) is 11.7. The van der Waals surface area contributed by atoms with Crippen LogP contribution in [0.5, 0.6) is 11.5 Å². The van der Waals surface area contributed by atoms with Crippen LogP contribution in [0.25, 0.3) is 0 Å². The van der Waals surface area contributed by atoms with E-state index in [0.717, 1.165) is 0 Å². The molecule has 19 heavy (non-hydrogen) atoms. The lowest BCUT2D eigenvalue weighted by Crippen LogP contribution is -2.32. The van der Waals surface area contributed by atoms with E-state index in [9.17, 15) is 9.90 Å². The van der Waals surface area contributed by atoms with Crippen LogP contribution < -0.4 is 9.47 Å². The summed E-state index contributed by atoms with van der Waals surface area (Å²) in [6.07, 6.45) is 0. The van der Waals surface area contributed by atoms with Gasteiger partial charge >= 0.3 is 5.97 Å². The Morgan fingerprint density at radius 1 is 1.32 bits per heavy atom. The molecule has 0 aliphatic carbocycles. The maximum absolute atomic E-state index is 11.5. The third kappa shape index (κ3) is 3.86. The molecule has 1 N–H and O–H groups in total. The number of ether oxygens (including phenoxy) is 3. The molecule has 0 aromatic heterocycles. The molecule has 0 spiro atoms. The quantitative estimate of drug-likeness (QED) is 0.796. The van der Waals surface area contributed by atoms with Crippen LogP contribution in [-0.2, 0) is 16.1 Å². The predicted molar refractivity (Wildman–Crippen MR) is 70.2 cm³/mol. The lowest BCUT2D eigenvalue weighted by atomic mass is 9.95.